The van der Waals surface area contributed by atoms with E-state index in [0.29, 0.717) is 13.0 Å². The lowest BCUT2D eigenvalue weighted by Crippen LogP contribution is -2.16. The highest BCUT2D eigenvalue weighted by atomic mass is 16.5. The second-order valence-corrected chi connectivity index (χ2v) is 3.77. The Kier molecular flexibility index (Phi) is 2.99. The van der Waals surface area contributed by atoms with E-state index >= 15 is 0 Å². The normalized spacial score (nSPS) is 19.1. The van der Waals surface area contributed by atoms with E-state index in [2.05, 4.69) is 10.3 Å². The predicted octanol–water partition coefficient (Wildman–Crippen LogP) is -0.297. The number of aromatic nitrogens is 2. The molecule has 1 amide bonds. The van der Waals surface area contributed by atoms with Crippen molar-refractivity contribution in [2.45, 2.75) is 19.4 Å². The minimum atomic E-state index is -0.541. The molecule has 1 unspecified atom stereocenters. The van der Waals surface area contributed by atoms with E-state index in [1.165, 1.54) is 6.33 Å². The second-order valence-electron chi connectivity index (χ2n) is 3.77. The van der Waals surface area contributed by atoms with E-state index in [9.17, 15) is 9.59 Å². The molecule has 17 heavy (non-hydrogen) atoms. The first kappa shape index (κ1) is 11.4. The van der Waals surface area contributed by atoms with Crippen LogP contribution in [-0.2, 0) is 9.53 Å². The number of nitrogens with two attached hydrogens (primary N) is 1. The summed E-state index contributed by atoms with van der Waals surface area (Å²) in [7, 11) is 0. The van der Waals surface area contributed by atoms with E-state index in [-0.39, 0.29) is 30.1 Å². The summed E-state index contributed by atoms with van der Waals surface area (Å²) in [6.07, 6.45) is 1.81. The van der Waals surface area contributed by atoms with E-state index in [1.807, 2.05) is 0 Å². The summed E-state index contributed by atoms with van der Waals surface area (Å²) in [5, 5.41) is 2.70. The molecule has 2 rings (SSSR count). The molecule has 1 aliphatic rings. The molecular formula is C10H14N4O3. The number of nitrogens with zero attached hydrogens (tertiary/aromatic N) is 2. The molecule has 1 saturated heterocycles. The fourth-order valence-corrected chi connectivity index (χ4v) is 1.80. The molecule has 0 aliphatic carbocycles. The zero-order valence-electron chi connectivity index (χ0n) is 9.47. The van der Waals surface area contributed by atoms with Gasteiger partial charge in [0.1, 0.15) is 5.82 Å². The van der Waals surface area contributed by atoms with Crippen molar-refractivity contribution in [2.75, 3.05) is 18.9 Å². The molecule has 1 aliphatic heterocycles. The lowest BCUT2D eigenvalue weighted by molar-refractivity contribution is -0.119. The molecule has 92 valence electrons. The van der Waals surface area contributed by atoms with Crippen LogP contribution in [0.4, 0.5) is 5.82 Å². The van der Waals surface area contributed by atoms with Crippen molar-refractivity contribution in [3.8, 4) is 0 Å². The molecule has 0 radical (unpaired) electrons. The topological polar surface area (TPSA) is 99.2 Å². The van der Waals surface area contributed by atoms with Crippen LogP contribution in [0, 0.1) is 0 Å². The van der Waals surface area contributed by atoms with Gasteiger partial charge in [0, 0.05) is 13.0 Å². The fraction of sp³-hybridized carbons (Fsp3) is 0.500. The minimum Gasteiger partial charge on any atom is -0.461 e. The van der Waals surface area contributed by atoms with Crippen molar-refractivity contribution in [3.63, 3.8) is 0 Å². The van der Waals surface area contributed by atoms with Crippen LogP contribution in [0.5, 0.6) is 0 Å². The van der Waals surface area contributed by atoms with Crippen LogP contribution in [0.25, 0.3) is 0 Å². The standard InChI is InChI=1S/C10H14N4O3/c1-2-17-10(16)8-9(11)14(5-13-8)6-3-7(15)12-4-6/h5-6H,2-4,11H2,1H3,(H,12,15). The van der Waals surface area contributed by atoms with Crippen LogP contribution < -0.4 is 11.1 Å². The van der Waals surface area contributed by atoms with Gasteiger partial charge in [-0.15, -0.1) is 0 Å². The van der Waals surface area contributed by atoms with Crippen LogP contribution in [-0.4, -0.2) is 34.6 Å². The minimum absolute atomic E-state index is 0.0271. The van der Waals surface area contributed by atoms with Gasteiger partial charge in [-0.05, 0) is 6.92 Å². The number of nitrogens with one attached hydrogen (secondary N) is 1. The van der Waals surface area contributed by atoms with Gasteiger partial charge in [-0.25, -0.2) is 9.78 Å². The van der Waals surface area contributed by atoms with Gasteiger partial charge in [-0.2, -0.15) is 0 Å². The number of anilines is 1. The summed E-state index contributed by atoms with van der Waals surface area (Å²) < 4.78 is 6.46. The molecule has 1 aromatic heterocycles. The molecule has 1 atom stereocenters. The van der Waals surface area contributed by atoms with E-state index < -0.39 is 5.97 Å². The molecule has 0 spiro atoms. The maximum absolute atomic E-state index is 11.5. The number of hydrogen-bond acceptors (Lipinski definition) is 5. The van der Waals surface area contributed by atoms with Gasteiger partial charge in [-0.3, -0.25) is 4.79 Å². The summed E-state index contributed by atoms with van der Waals surface area (Å²) in [4.78, 5) is 26.5. The number of ether oxygens (including phenoxy) is 1. The van der Waals surface area contributed by atoms with E-state index in [0.717, 1.165) is 0 Å². The van der Waals surface area contributed by atoms with Gasteiger partial charge < -0.3 is 20.4 Å². The van der Waals surface area contributed by atoms with Gasteiger partial charge in [0.15, 0.2) is 5.69 Å². The molecular weight excluding hydrogens is 224 g/mol. The van der Waals surface area contributed by atoms with E-state index in [4.69, 9.17) is 10.5 Å². The largest absolute Gasteiger partial charge is 0.461 e. The molecule has 0 aromatic carbocycles. The summed E-state index contributed by atoms with van der Waals surface area (Å²) in [6.45, 7) is 2.49. The zero-order valence-corrected chi connectivity index (χ0v) is 9.47. The first-order valence-electron chi connectivity index (χ1n) is 5.39. The monoisotopic (exact) mass is 238 g/mol. The van der Waals surface area contributed by atoms with Crippen molar-refractivity contribution >= 4 is 17.7 Å². The molecule has 3 N–H and O–H groups in total. The summed E-state index contributed by atoms with van der Waals surface area (Å²) in [5.41, 5.74) is 5.92. The number of carbonyl (C=O) groups excluding carboxylic acids is 2. The second kappa shape index (κ2) is 4.44. The maximum Gasteiger partial charge on any atom is 0.360 e. The van der Waals surface area contributed by atoms with Crippen LogP contribution in [0.1, 0.15) is 29.9 Å². The Morgan fingerprint density at radius 3 is 3.12 bits per heavy atom. The van der Waals surface area contributed by atoms with Crippen molar-refractivity contribution in [2.24, 2.45) is 0 Å². The third-order valence-corrected chi connectivity index (χ3v) is 2.65. The Balaban J connectivity index is 2.20. The number of imidazole rings is 1. The van der Waals surface area contributed by atoms with Crippen molar-refractivity contribution in [1.29, 1.82) is 0 Å². The molecule has 2 heterocycles. The molecule has 0 bridgehead atoms. The van der Waals surface area contributed by atoms with E-state index in [1.54, 1.807) is 11.5 Å². The average molecular weight is 238 g/mol. The van der Waals surface area contributed by atoms with Crippen molar-refractivity contribution in [1.82, 2.24) is 14.9 Å². The lowest BCUT2D eigenvalue weighted by atomic mass is 10.2. The Morgan fingerprint density at radius 1 is 1.76 bits per heavy atom. The summed E-state index contributed by atoms with van der Waals surface area (Å²) in [6, 6.07) is -0.0850. The molecule has 7 nitrogen and oxygen atoms in total. The molecule has 7 heteroatoms. The van der Waals surface area contributed by atoms with Gasteiger partial charge in [0.2, 0.25) is 5.91 Å². The predicted molar refractivity (Wildman–Crippen MR) is 59.3 cm³/mol. The number of esters is 1. The van der Waals surface area contributed by atoms with Crippen molar-refractivity contribution in [3.05, 3.63) is 12.0 Å². The van der Waals surface area contributed by atoms with Gasteiger partial charge in [0.05, 0.1) is 19.0 Å². The Labute approximate surface area is 97.9 Å². The maximum atomic E-state index is 11.5. The summed E-state index contributed by atoms with van der Waals surface area (Å²) in [5.74, 6) is -0.327. The van der Waals surface area contributed by atoms with Gasteiger partial charge >= 0.3 is 5.97 Å². The fourth-order valence-electron chi connectivity index (χ4n) is 1.80. The zero-order chi connectivity index (χ0) is 12.4. The third kappa shape index (κ3) is 2.08. The highest BCUT2D eigenvalue weighted by Crippen LogP contribution is 2.22. The molecule has 0 saturated carbocycles. The number of rotatable bonds is 3. The first-order chi connectivity index (χ1) is 8.13. The number of carbonyl (C=O) groups is 2. The third-order valence-electron chi connectivity index (χ3n) is 2.65. The number of hydrogen-bond donors (Lipinski definition) is 2. The van der Waals surface area contributed by atoms with Crippen LogP contribution in [0.3, 0.4) is 0 Å². The van der Waals surface area contributed by atoms with Gasteiger partial charge in [-0.1, -0.05) is 0 Å². The van der Waals surface area contributed by atoms with Crippen LogP contribution in [0.15, 0.2) is 6.33 Å². The van der Waals surface area contributed by atoms with Crippen molar-refractivity contribution < 1.29 is 14.3 Å². The quantitative estimate of drug-likeness (QED) is 0.704. The lowest BCUT2D eigenvalue weighted by Gasteiger charge is -2.11. The number of nitrogen functional groups attached to an aromatic ring is 1. The smallest absolute Gasteiger partial charge is 0.360 e. The number of amides is 1. The Bertz CT molecular complexity index is 454. The van der Waals surface area contributed by atoms with Crippen LogP contribution in [0.2, 0.25) is 0 Å². The Morgan fingerprint density at radius 2 is 2.53 bits per heavy atom. The molecule has 1 aromatic rings. The average Bonchev–Trinajstić information content (AvgIpc) is 2.85. The summed E-state index contributed by atoms with van der Waals surface area (Å²) >= 11 is 0. The molecule has 1 fully saturated rings. The van der Waals surface area contributed by atoms with Gasteiger partial charge in [0.25, 0.3) is 0 Å². The van der Waals surface area contributed by atoms with Crippen LogP contribution >= 0.6 is 0 Å². The SMILES string of the molecule is CCOC(=O)c1ncn(C2CNC(=O)C2)c1N. The Hall–Kier alpha value is -2.05. The highest BCUT2D eigenvalue weighted by molar-refractivity contribution is 5.92. The first-order valence-corrected chi connectivity index (χ1v) is 5.39. The highest BCUT2D eigenvalue weighted by Gasteiger charge is 2.27.